The summed E-state index contributed by atoms with van der Waals surface area (Å²) < 4.78 is 0. The number of anilines is 3. The van der Waals surface area contributed by atoms with Gasteiger partial charge in [0.15, 0.2) is 0 Å². The number of benzene rings is 2. The second-order valence-corrected chi connectivity index (χ2v) is 6.78. The number of rotatable bonds is 4. The molecule has 0 bridgehead atoms. The summed E-state index contributed by atoms with van der Waals surface area (Å²) >= 11 is 0. The number of hydrogen-bond acceptors (Lipinski definition) is 5. The summed E-state index contributed by atoms with van der Waals surface area (Å²) in [7, 11) is 3.73. The summed E-state index contributed by atoms with van der Waals surface area (Å²) in [6.07, 6.45) is 3.27. The molecule has 2 heterocycles. The van der Waals surface area contributed by atoms with Gasteiger partial charge in [0.2, 0.25) is 0 Å². The Bertz CT molecular complexity index is 1090. The minimum atomic E-state index is -0.366. The lowest BCUT2D eigenvalue weighted by atomic mass is 10.1. The van der Waals surface area contributed by atoms with Gasteiger partial charge >= 0.3 is 0 Å². The van der Waals surface area contributed by atoms with Crippen molar-refractivity contribution < 1.29 is 14.4 Å². The second-order valence-electron chi connectivity index (χ2n) is 6.78. The van der Waals surface area contributed by atoms with E-state index < -0.39 is 0 Å². The van der Waals surface area contributed by atoms with E-state index in [0.717, 1.165) is 10.6 Å². The first-order valence-corrected chi connectivity index (χ1v) is 8.98. The molecule has 1 aliphatic heterocycles. The lowest BCUT2D eigenvalue weighted by Gasteiger charge is -2.17. The summed E-state index contributed by atoms with van der Waals surface area (Å²) in [5.41, 5.74) is 3.02. The molecule has 0 fully saturated rings. The molecule has 3 amide bonds. The molecule has 0 aliphatic carbocycles. The maximum Gasteiger partial charge on any atom is 0.266 e. The first-order valence-electron chi connectivity index (χ1n) is 8.98. The van der Waals surface area contributed by atoms with Crippen LogP contribution in [0.5, 0.6) is 0 Å². The fraction of sp³-hybridized carbons (Fsp3) is 0.0909. The number of amides is 3. The minimum absolute atomic E-state index is 0.298. The van der Waals surface area contributed by atoms with Crippen LogP contribution in [0.1, 0.15) is 31.1 Å². The zero-order valence-corrected chi connectivity index (χ0v) is 15.9. The Kier molecular flexibility index (Phi) is 4.56. The normalized spacial score (nSPS) is 12.7. The molecule has 1 N–H and O–H groups in total. The number of aromatic nitrogens is 1. The van der Waals surface area contributed by atoms with E-state index in [9.17, 15) is 14.4 Å². The zero-order chi connectivity index (χ0) is 20.5. The molecule has 0 saturated carbocycles. The van der Waals surface area contributed by atoms with E-state index in [2.05, 4.69) is 10.3 Å². The highest BCUT2D eigenvalue weighted by atomic mass is 16.2. The Hall–Kier alpha value is -4.00. The van der Waals surface area contributed by atoms with Crippen LogP contribution in [0.4, 0.5) is 17.1 Å². The molecule has 2 aromatic carbocycles. The Morgan fingerprint density at radius 2 is 1.55 bits per heavy atom. The van der Waals surface area contributed by atoms with Crippen molar-refractivity contribution in [2.75, 3.05) is 29.2 Å². The number of carbonyl (C=O) groups is 3. The van der Waals surface area contributed by atoms with Crippen molar-refractivity contribution in [1.29, 1.82) is 0 Å². The van der Waals surface area contributed by atoms with E-state index in [1.807, 2.05) is 19.0 Å². The summed E-state index contributed by atoms with van der Waals surface area (Å²) in [6.45, 7) is 0. The molecule has 7 nitrogen and oxygen atoms in total. The highest BCUT2D eigenvalue weighted by Gasteiger charge is 2.36. The van der Waals surface area contributed by atoms with Crippen LogP contribution in [0.2, 0.25) is 0 Å². The van der Waals surface area contributed by atoms with Crippen molar-refractivity contribution in [1.82, 2.24) is 4.98 Å². The molecule has 0 atom stereocenters. The molecule has 3 aromatic rings. The molecule has 0 spiro atoms. The molecule has 7 heteroatoms. The second kappa shape index (κ2) is 7.20. The predicted molar refractivity (Wildman–Crippen MR) is 111 cm³/mol. The molecule has 144 valence electrons. The summed E-state index contributed by atoms with van der Waals surface area (Å²) in [4.78, 5) is 44.9. The Balaban J connectivity index is 1.56. The van der Waals surface area contributed by atoms with Crippen molar-refractivity contribution in [3.8, 4) is 0 Å². The molecule has 29 heavy (non-hydrogen) atoms. The van der Waals surface area contributed by atoms with Gasteiger partial charge in [0, 0.05) is 25.9 Å². The summed E-state index contributed by atoms with van der Waals surface area (Å²) in [5, 5.41) is 2.86. The minimum Gasteiger partial charge on any atom is -0.375 e. The first kappa shape index (κ1) is 18.4. The van der Waals surface area contributed by atoms with Crippen molar-refractivity contribution in [2.24, 2.45) is 0 Å². The van der Waals surface area contributed by atoms with Gasteiger partial charge in [-0.3, -0.25) is 19.4 Å². The molecule has 0 unspecified atom stereocenters. The van der Waals surface area contributed by atoms with Gasteiger partial charge in [-0.1, -0.05) is 12.1 Å². The van der Waals surface area contributed by atoms with Crippen LogP contribution in [0.25, 0.3) is 0 Å². The molecular formula is C22H18N4O3. The van der Waals surface area contributed by atoms with E-state index in [-0.39, 0.29) is 17.7 Å². The van der Waals surface area contributed by atoms with E-state index in [1.165, 1.54) is 0 Å². The lowest BCUT2D eigenvalue weighted by Crippen LogP contribution is -2.29. The number of fused-ring (bicyclic) bond motifs is 1. The van der Waals surface area contributed by atoms with Gasteiger partial charge in [-0.15, -0.1) is 0 Å². The third-order valence-electron chi connectivity index (χ3n) is 4.71. The number of imide groups is 1. The topological polar surface area (TPSA) is 82.6 Å². The van der Waals surface area contributed by atoms with Gasteiger partial charge in [-0.2, -0.15) is 0 Å². The molecule has 1 aliphatic rings. The monoisotopic (exact) mass is 386 g/mol. The average Bonchev–Trinajstić information content (AvgIpc) is 2.99. The maximum absolute atomic E-state index is 12.6. The number of carbonyl (C=O) groups excluding carboxylic acids is 3. The molecule has 1 aromatic heterocycles. The van der Waals surface area contributed by atoms with Gasteiger partial charge in [0.05, 0.1) is 34.4 Å². The Labute approximate surface area is 167 Å². The molecular weight excluding hydrogens is 368 g/mol. The van der Waals surface area contributed by atoms with Crippen molar-refractivity contribution in [3.63, 3.8) is 0 Å². The van der Waals surface area contributed by atoms with Crippen LogP contribution in [0.15, 0.2) is 67.0 Å². The maximum atomic E-state index is 12.6. The van der Waals surface area contributed by atoms with Crippen molar-refractivity contribution in [3.05, 3.63) is 83.7 Å². The molecule has 4 rings (SSSR count). The van der Waals surface area contributed by atoms with Crippen LogP contribution in [-0.2, 0) is 0 Å². The quantitative estimate of drug-likeness (QED) is 0.697. The first-order chi connectivity index (χ1) is 14.0. The zero-order valence-electron chi connectivity index (χ0n) is 15.9. The average molecular weight is 386 g/mol. The third-order valence-corrected chi connectivity index (χ3v) is 4.71. The Morgan fingerprint density at radius 1 is 0.931 bits per heavy atom. The molecule has 0 radical (unpaired) electrons. The number of hydrogen-bond donors (Lipinski definition) is 1. The number of pyridine rings is 1. The standard InChI is InChI=1S/C22H18N4O3/c1-25(2)19-13-23-12-11-18(19)24-20(27)14-7-9-15(10-8-14)26-21(28)16-5-3-4-6-17(16)22(26)29/h3-13H,1-2H3,(H,23,24,27). The fourth-order valence-electron chi connectivity index (χ4n) is 3.23. The number of nitrogens with zero attached hydrogens (tertiary/aromatic N) is 3. The van der Waals surface area contributed by atoms with Crippen LogP contribution in [-0.4, -0.2) is 36.8 Å². The largest absolute Gasteiger partial charge is 0.375 e. The van der Waals surface area contributed by atoms with Gasteiger partial charge < -0.3 is 10.2 Å². The van der Waals surface area contributed by atoms with Crippen LogP contribution < -0.4 is 15.1 Å². The van der Waals surface area contributed by atoms with Crippen molar-refractivity contribution >= 4 is 34.8 Å². The smallest absolute Gasteiger partial charge is 0.266 e. The SMILES string of the molecule is CN(C)c1cnccc1NC(=O)c1ccc(N2C(=O)c3ccccc3C2=O)cc1. The van der Waals surface area contributed by atoms with Gasteiger partial charge in [0.1, 0.15) is 0 Å². The summed E-state index contributed by atoms with van der Waals surface area (Å²) in [6, 6.07) is 14.8. The van der Waals surface area contributed by atoms with E-state index in [4.69, 9.17) is 0 Å². The molecule has 0 saturated heterocycles. The number of nitrogens with one attached hydrogen (secondary N) is 1. The highest BCUT2D eigenvalue weighted by molar-refractivity contribution is 6.34. The van der Waals surface area contributed by atoms with Gasteiger partial charge in [-0.05, 0) is 42.5 Å². The van der Waals surface area contributed by atoms with E-state index >= 15 is 0 Å². The van der Waals surface area contributed by atoms with Crippen LogP contribution >= 0.6 is 0 Å². The Morgan fingerprint density at radius 3 is 2.14 bits per heavy atom. The van der Waals surface area contributed by atoms with Gasteiger partial charge in [0.25, 0.3) is 17.7 Å². The van der Waals surface area contributed by atoms with E-state index in [0.29, 0.717) is 28.1 Å². The highest BCUT2D eigenvalue weighted by Crippen LogP contribution is 2.29. The predicted octanol–water partition coefficient (Wildman–Crippen LogP) is 3.20. The fourth-order valence-corrected chi connectivity index (χ4v) is 3.23. The van der Waals surface area contributed by atoms with Crippen LogP contribution in [0, 0.1) is 0 Å². The van der Waals surface area contributed by atoms with Crippen LogP contribution in [0.3, 0.4) is 0 Å². The van der Waals surface area contributed by atoms with E-state index in [1.54, 1.807) is 67.0 Å². The third kappa shape index (κ3) is 3.23. The van der Waals surface area contributed by atoms with Gasteiger partial charge in [-0.25, -0.2) is 4.90 Å². The summed E-state index contributed by atoms with van der Waals surface area (Å²) in [5.74, 6) is -1.03. The van der Waals surface area contributed by atoms with Crippen molar-refractivity contribution in [2.45, 2.75) is 0 Å². The lowest BCUT2D eigenvalue weighted by molar-refractivity contribution is 0.0925.